The van der Waals surface area contributed by atoms with E-state index in [-0.39, 0.29) is 18.9 Å². The number of hydrogen-bond donors (Lipinski definition) is 12. The summed E-state index contributed by atoms with van der Waals surface area (Å²) in [7, 11) is 0. The molecule has 17 unspecified atom stereocenters. The van der Waals surface area contributed by atoms with Gasteiger partial charge in [0.1, 0.15) is 73.2 Å². The second-order valence-electron chi connectivity index (χ2n) is 23.6. The number of carbonyl (C=O) groups excluding carboxylic acids is 1. The molecule has 3 aliphatic rings. The SMILES string of the molecule is CC/C=C\C/C=C\C/C=C\C/C=C\C/C=C\C/C=C\C/C=C\C/C=C\C/C=C\CCCCCCCC(=O)NC(COC1OC(CO)C(OC2OC(CO)C(OC3OC(CO)C(O)C(O)C3O)C(O)C2O)C(O)C1O)C(O)CCCCCCCCCCCCC. The maximum atomic E-state index is 13.4. The Kier molecular flexibility index (Phi) is 45.6. The average molecular weight is 1260 g/mol. The van der Waals surface area contributed by atoms with Gasteiger partial charge >= 0.3 is 0 Å². The molecule has 0 aromatic carbocycles. The highest BCUT2D eigenvalue weighted by atomic mass is 16.8. The minimum atomic E-state index is -1.98. The van der Waals surface area contributed by atoms with Crippen LogP contribution < -0.4 is 5.32 Å². The summed E-state index contributed by atoms with van der Waals surface area (Å²) in [5, 5.41) is 120. The number of amides is 1. The topological polar surface area (TPSA) is 307 Å². The van der Waals surface area contributed by atoms with Crippen molar-refractivity contribution in [2.24, 2.45) is 0 Å². The quantitative estimate of drug-likeness (QED) is 0.0201. The predicted octanol–water partition coefficient (Wildman–Crippen LogP) is 8.27. The normalized spacial score (nSPS) is 28.9. The van der Waals surface area contributed by atoms with Gasteiger partial charge in [-0.05, 0) is 83.5 Å². The lowest BCUT2D eigenvalue weighted by Crippen LogP contribution is -2.66. The lowest BCUT2D eigenvalue weighted by Gasteiger charge is -2.48. The Morgan fingerprint density at radius 3 is 1.21 bits per heavy atom. The van der Waals surface area contributed by atoms with Crippen LogP contribution in [0.15, 0.2) is 109 Å². The maximum absolute atomic E-state index is 13.4. The van der Waals surface area contributed by atoms with Gasteiger partial charge in [0.2, 0.25) is 5.91 Å². The van der Waals surface area contributed by atoms with Crippen LogP contribution in [0.4, 0.5) is 0 Å². The van der Waals surface area contributed by atoms with Crippen LogP contribution in [0.5, 0.6) is 0 Å². The fourth-order valence-corrected chi connectivity index (χ4v) is 10.7. The van der Waals surface area contributed by atoms with Crippen molar-refractivity contribution in [3.05, 3.63) is 109 Å². The molecule has 3 rings (SSSR count). The third kappa shape index (κ3) is 33.2. The van der Waals surface area contributed by atoms with E-state index in [1.165, 1.54) is 44.9 Å². The van der Waals surface area contributed by atoms with Gasteiger partial charge < -0.3 is 89.9 Å². The molecular weight excluding hydrogens is 1140 g/mol. The first-order valence-electron chi connectivity index (χ1n) is 33.6. The van der Waals surface area contributed by atoms with E-state index in [0.717, 1.165) is 116 Å². The Morgan fingerprint density at radius 1 is 0.416 bits per heavy atom. The number of hydrogen-bond acceptors (Lipinski definition) is 18. The molecule has 1 amide bonds. The summed E-state index contributed by atoms with van der Waals surface area (Å²) in [4.78, 5) is 13.4. The van der Waals surface area contributed by atoms with Gasteiger partial charge in [0, 0.05) is 6.42 Å². The molecule has 0 spiro atoms. The number of ether oxygens (including phenoxy) is 6. The zero-order valence-corrected chi connectivity index (χ0v) is 53.6. The molecule has 0 saturated carbocycles. The molecule has 0 aliphatic carbocycles. The van der Waals surface area contributed by atoms with Crippen molar-refractivity contribution >= 4 is 5.91 Å². The van der Waals surface area contributed by atoms with Gasteiger partial charge in [-0.2, -0.15) is 0 Å². The number of aliphatic hydroxyl groups is 11. The smallest absolute Gasteiger partial charge is 0.220 e. The third-order valence-electron chi connectivity index (χ3n) is 16.1. The summed E-state index contributed by atoms with van der Waals surface area (Å²) in [6.45, 7) is 1.62. The Labute approximate surface area is 532 Å². The summed E-state index contributed by atoms with van der Waals surface area (Å²) in [5.41, 5.74) is 0. The molecule has 19 heteroatoms. The zero-order valence-electron chi connectivity index (χ0n) is 53.6. The number of nitrogens with one attached hydrogen (secondary N) is 1. The average Bonchev–Trinajstić information content (AvgIpc) is 1.33. The molecule has 510 valence electrons. The predicted molar refractivity (Wildman–Crippen MR) is 346 cm³/mol. The van der Waals surface area contributed by atoms with Gasteiger partial charge in [0.25, 0.3) is 0 Å². The minimum Gasteiger partial charge on any atom is -0.394 e. The lowest BCUT2D eigenvalue weighted by atomic mass is 9.96. The highest BCUT2D eigenvalue weighted by molar-refractivity contribution is 5.76. The fraction of sp³-hybridized carbons (Fsp3) is 0.729. The van der Waals surface area contributed by atoms with Crippen LogP contribution in [0.3, 0.4) is 0 Å². The summed E-state index contributed by atoms with van der Waals surface area (Å²) < 4.78 is 34.3. The number of rotatable bonds is 49. The summed E-state index contributed by atoms with van der Waals surface area (Å²) in [6, 6.07) is -0.905. The Bertz CT molecular complexity index is 2040. The van der Waals surface area contributed by atoms with E-state index in [4.69, 9.17) is 28.4 Å². The molecule has 19 nitrogen and oxygen atoms in total. The third-order valence-corrected chi connectivity index (χ3v) is 16.1. The van der Waals surface area contributed by atoms with Gasteiger partial charge in [-0.1, -0.05) is 213 Å². The summed E-state index contributed by atoms with van der Waals surface area (Å²) in [6.07, 6.45) is 40.4. The molecule has 3 heterocycles. The number of unbranched alkanes of at least 4 members (excludes halogenated alkanes) is 15. The van der Waals surface area contributed by atoms with E-state index in [1.807, 2.05) is 0 Å². The van der Waals surface area contributed by atoms with Crippen LogP contribution in [0, 0.1) is 0 Å². The van der Waals surface area contributed by atoms with Crippen molar-refractivity contribution in [2.45, 2.75) is 298 Å². The first kappa shape index (κ1) is 79.7. The Balaban J connectivity index is 1.39. The van der Waals surface area contributed by atoms with Crippen LogP contribution in [0.2, 0.25) is 0 Å². The van der Waals surface area contributed by atoms with Crippen LogP contribution in [0.25, 0.3) is 0 Å². The van der Waals surface area contributed by atoms with Crippen molar-refractivity contribution in [1.82, 2.24) is 5.32 Å². The van der Waals surface area contributed by atoms with Crippen molar-refractivity contribution < 1.29 is 89.4 Å². The number of aliphatic hydroxyl groups excluding tert-OH is 11. The highest BCUT2D eigenvalue weighted by Gasteiger charge is 2.53. The zero-order chi connectivity index (χ0) is 64.7. The van der Waals surface area contributed by atoms with E-state index in [1.54, 1.807) is 0 Å². The minimum absolute atomic E-state index is 0.236. The van der Waals surface area contributed by atoms with Crippen LogP contribution in [-0.4, -0.2) is 193 Å². The molecule has 12 N–H and O–H groups in total. The van der Waals surface area contributed by atoms with Crippen LogP contribution in [-0.2, 0) is 33.2 Å². The molecule has 3 saturated heterocycles. The molecule has 3 fully saturated rings. The van der Waals surface area contributed by atoms with Crippen molar-refractivity contribution in [3.8, 4) is 0 Å². The van der Waals surface area contributed by atoms with E-state index in [2.05, 4.69) is 129 Å². The van der Waals surface area contributed by atoms with Crippen molar-refractivity contribution in [3.63, 3.8) is 0 Å². The molecule has 0 radical (unpaired) electrons. The molecule has 0 aromatic heterocycles. The van der Waals surface area contributed by atoms with Crippen molar-refractivity contribution in [1.29, 1.82) is 0 Å². The van der Waals surface area contributed by atoms with Crippen LogP contribution >= 0.6 is 0 Å². The van der Waals surface area contributed by atoms with E-state index < -0.39 is 124 Å². The standard InChI is InChI=1S/C70H117NO18/c1-3-5-7-9-11-13-15-16-17-18-19-20-21-22-23-24-25-26-27-28-29-30-31-32-33-34-35-36-38-40-42-44-46-48-58(76)71-53(54(75)47-45-43-41-39-37-14-12-10-8-6-4-2)52-84-68-64(82)61(79)66(56(50-73)86-68)89-70-65(83)62(80)67(57(51-74)87-70)88-69-63(81)60(78)59(77)55(49-72)85-69/h5,7,11,13,16-17,19-20,22-23,25-26,28-29,31-32,34-35,53-57,59-70,72-75,77-83H,3-4,6,8-10,12,14-15,18,21,24,27,30,33,36-52H2,1-2H3,(H,71,76)/b7-5-,13-11-,17-16-,20-19-,23-22-,26-25-,29-28-,32-31-,35-34-. The van der Waals surface area contributed by atoms with E-state index in [9.17, 15) is 61.0 Å². The van der Waals surface area contributed by atoms with Gasteiger partial charge in [0.15, 0.2) is 18.9 Å². The number of carbonyl (C=O) groups is 1. The van der Waals surface area contributed by atoms with Gasteiger partial charge in [0.05, 0.1) is 38.6 Å². The molecule has 0 bridgehead atoms. The molecular formula is C70H117NO18. The second-order valence-corrected chi connectivity index (χ2v) is 23.6. The second kappa shape index (κ2) is 50.9. The first-order chi connectivity index (χ1) is 43.3. The molecule has 3 aliphatic heterocycles. The largest absolute Gasteiger partial charge is 0.394 e. The van der Waals surface area contributed by atoms with Crippen molar-refractivity contribution in [2.75, 3.05) is 26.4 Å². The fourth-order valence-electron chi connectivity index (χ4n) is 10.7. The number of allylic oxidation sites excluding steroid dienone is 18. The highest BCUT2D eigenvalue weighted by Crippen LogP contribution is 2.33. The van der Waals surface area contributed by atoms with Crippen LogP contribution in [0.1, 0.15) is 194 Å². The first-order valence-corrected chi connectivity index (χ1v) is 33.6. The van der Waals surface area contributed by atoms with E-state index >= 15 is 0 Å². The molecule has 17 atom stereocenters. The summed E-state index contributed by atoms with van der Waals surface area (Å²) >= 11 is 0. The monoisotopic (exact) mass is 1260 g/mol. The molecule has 89 heavy (non-hydrogen) atoms. The Morgan fingerprint density at radius 2 is 0.775 bits per heavy atom. The maximum Gasteiger partial charge on any atom is 0.220 e. The van der Waals surface area contributed by atoms with Gasteiger partial charge in [-0.25, -0.2) is 0 Å². The van der Waals surface area contributed by atoms with Gasteiger partial charge in [-0.3, -0.25) is 4.79 Å². The summed E-state index contributed by atoms with van der Waals surface area (Å²) in [5.74, 6) is -0.268. The molecule has 0 aromatic rings. The van der Waals surface area contributed by atoms with Gasteiger partial charge in [-0.15, -0.1) is 0 Å². The van der Waals surface area contributed by atoms with E-state index in [0.29, 0.717) is 12.8 Å². The Hall–Kier alpha value is -3.55. The lowest BCUT2D eigenvalue weighted by molar-refractivity contribution is -0.379.